The van der Waals surface area contributed by atoms with Crippen molar-refractivity contribution in [1.82, 2.24) is 0 Å². The number of carbonyl (C=O) groups excluding carboxylic acids is 2. The fraction of sp³-hybridized carbons (Fsp3) is 0. The number of hydrogen-bond acceptors (Lipinski definition) is 2. The van der Waals surface area contributed by atoms with Gasteiger partial charge < -0.3 is 0 Å². The molecule has 0 bridgehead atoms. The monoisotopic (exact) mass is 470 g/mol. The molecule has 0 aliphatic rings. The van der Waals surface area contributed by atoms with Gasteiger partial charge in [0.15, 0.2) is 0 Å². The zero-order valence-electron chi connectivity index (χ0n) is 9.41. The Kier molecular flexibility index (Phi) is 5.42. The zero-order valence-corrected chi connectivity index (χ0v) is 14.1. The summed E-state index contributed by atoms with van der Waals surface area (Å²) < 4.78 is 2.42. The number of aldehydes is 2. The van der Waals surface area contributed by atoms with Gasteiger partial charge in [0, 0.05) is 0 Å². The van der Waals surface area contributed by atoms with E-state index in [1.165, 1.54) is 7.22 Å². The summed E-state index contributed by atoms with van der Waals surface area (Å²) >= 11 is -0.710. The Morgan fingerprint density at radius 1 is 0.667 bits per heavy atom. The van der Waals surface area contributed by atoms with Gasteiger partial charge in [0.1, 0.15) is 0 Å². The Morgan fingerprint density at radius 3 is 1.44 bits per heavy atom. The van der Waals surface area contributed by atoms with Crippen LogP contribution in [0, 0.1) is 0 Å². The SMILES string of the molecule is O=Cc1ccccc1[Te][Te]c1ccccc1C=O. The van der Waals surface area contributed by atoms with Gasteiger partial charge in [-0.1, -0.05) is 0 Å². The van der Waals surface area contributed by atoms with Crippen molar-refractivity contribution in [3.05, 3.63) is 59.7 Å². The molecule has 0 spiro atoms. The number of hydrogen-bond donors (Lipinski definition) is 0. The van der Waals surface area contributed by atoms with Crippen LogP contribution in [0.15, 0.2) is 48.5 Å². The molecule has 0 unspecified atom stereocenters. The van der Waals surface area contributed by atoms with E-state index in [0.717, 1.165) is 23.7 Å². The third-order valence-electron chi connectivity index (χ3n) is 2.31. The van der Waals surface area contributed by atoms with Gasteiger partial charge in [-0.15, -0.1) is 0 Å². The van der Waals surface area contributed by atoms with E-state index in [0.29, 0.717) is 0 Å². The molecule has 2 aromatic carbocycles. The standard InChI is InChI=1S/C14H10O2Te2/c15-9-11-5-1-3-7-13(11)17-18-14-8-4-2-6-12(14)10-16/h1-10H. The van der Waals surface area contributed by atoms with Gasteiger partial charge in [0.25, 0.3) is 0 Å². The molecule has 0 fully saturated rings. The Hall–Kier alpha value is -0.641. The van der Waals surface area contributed by atoms with Crippen molar-refractivity contribution in [3.63, 3.8) is 0 Å². The molecule has 90 valence electrons. The topological polar surface area (TPSA) is 34.1 Å². The average molecular weight is 465 g/mol. The van der Waals surface area contributed by atoms with E-state index in [1.54, 1.807) is 0 Å². The van der Waals surface area contributed by atoms with E-state index in [4.69, 9.17) is 0 Å². The van der Waals surface area contributed by atoms with Crippen LogP contribution in [0.5, 0.6) is 0 Å². The van der Waals surface area contributed by atoms with Crippen molar-refractivity contribution >= 4 is 53.9 Å². The van der Waals surface area contributed by atoms with E-state index in [-0.39, 0.29) is 34.1 Å². The molecule has 18 heavy (non-hydrogen) atoms. The van der Waals surface area contributed by atoms with E-state index in [1.807, 2.05) is 48.5 Å². The summed E-state index contributed by atoms with van der Waals surface area (Å²) in [6, 6.07) is 15.6. The average Bonchev–Trinajstić information content (AvgIpc) is 2.45. The Balaban J connectivity index is 2.16. The predicted octanol–water partition coefficient (Wildman–Crippen LogP) is 0.586. The van der Waals surface area contributed by atoms with Gasteiger partial charge in [0.2, 0.25) is 0 Å². The molecule has 0 radical (unpaired) electrons. The summed E-state index contributed by atoms with van der Waals surface area (Å²) in [4.78, 5) is 21.9. The number of benzene rings is 2. The maximum absolute atomic E-state index is 10.9. The first-order valence-electron chi connectivity index (χ1n) is 5.28. The van der Waals surface area contributed by atoms with Crippen LogP contribution >= 0.6 is 0 Å². The van der Waals surface area contributed by atoms with E-state index in [2.05, 4.69) is 0 Å². The molecule has 0 saturated heterocycles. The first-order valence-corrected chi connectivity index (χ1v) is 14.9. The molecule has 0 atom stereocenters. The number of carbonyl (C=O) groups is 2. The quantitative estimate of drug-likeness (QED) is 0.479. The second-order valence-corrected chi connectivity index (χ2v) is 13.3. The molecule has 0 heterocycles. The van der Waals surface area contributed by atoms with Crippen LogP contribution in [0.3, 0.4) is 0 Å². The molecule has 0 N–H and O–H groups in total. The summed E-state index contributed by atoms with van der Waals surface area (Å²) in [6.07, 6.45) is 1.86. The molecule has 0 saturated carbocycles. The van der Waals surface area contributed by atoms with Crippen LogP contribution in [-0.4, -0.2) is 46.7 Å². The van der Waals surface area contributed by atoms with E-state index >= 15 is 0 Å². The molecule has 4 heteroatoms. The van der Waals surface area contributed by atoms with Gasteiger partial charge in [-0.3, -0.25) is 0 Å². The first-order chi connectivity index (χ1) is 8.85. The van der Waals surface area contributed by atoms with Gasteiger partial charge in [0.05, 0.1) is 0 Å². The summed E-state index contributed by atoms with van der Waals surface area (Å²) in [5.74, 6) is 0. The summed E-state index contributed by atoms with van der Waals surface area (Å²) in [7, 11) is 0. The van der Waals surface area contributed by atoms with Crippen molar-refractivity contribution in [2.45, 2.75) is 0 Å². The van der Waals surface area contributed by atoms with Gasteiger partial charge >= 0.3 is 123 Å². The second-order valence-electron chi connectivity index (χ2n) is 3.48. The van der Waals surface area contributed by atoms with Crippen LogP contribution in [0.4, 0.5) is 0 Å². The van der Waals surface area contributed by atoms with Crippen LogP contribution < -0.4 is 7.22 Å². The Labute approximate surface area is 122 Å². The molecule has 0 aliphatic carbocycles. The molecular weight excluding hydrogens is 455 g/mol. The van der Waals surface area contributed by atoms with Crippen molar-refractivity contribution in [2.24, 2.45) is 0 Å². The predicted molar refractivity (Wildman–Crippen MR) is 74.4 cm³/mol. The third kappa shape index (κ3) is 3.44. The third-order valence-corrected chi connectivity index (χ3v) is 14.2. The Bertz CT molecular complexity index is 516. The zero-order chi connectivity index (χ0) is 12.8. The molecule has 0 aromatic heterocycles. The molecule has 0 amide bonds. The minimum atomic E-state index is -0.355. The molecule has 2 rings (SSSR count). The van der Waals surface area contributed by atoms with Crippen LogP contribution in [-0.2, 0) is 0 Å². The van der Waals surface area contributed by atoms with Crippen LogP contribution in [0.1, 0.15) is 20.7 Å². The summed E-state index contributed by atoms with van der Waals surface area (Å²) in [5, 5.41) is 0. The van der Waals surface area contributed by atoms with Gasteiger partial charge in [-0.2, -0.15) is 0 Å². The van der Waals surface area contributed by atoms with Gasteiger partial charge in [-0.05, 0) is 0 Å². The maximum atomic E-state index is 10.9. The minimum absolute atomic E-state index is 0.355. The Morgan fingerprint density at radius 2 is 1.06 bits per heavy atom. The summed E-state index contributed by atoms with van der Waals surface area (Å²) in [5.41, 5.74) is 1.63. The fourth-order valence-electron chi connectivity index (χ4n) is 1.40. The molecule has 2 aromatic rings. The fourth-order valence-corrected chi connectivity index (χ4v) is 13.1. The van der Waals surface area contributed by atoms with Crippen LogP contribution in [0.2, 0.25) is 0 Å². The van der Waals surface area contributed by atoms with Crippen molar-refractivity contribution in [2.75, 3.05) is 0 Å². The second kappa shape index (κ2) is 7.07. The van der Waals surface area contributed by atoms with Crippen molar-refractivity contribution in [1.29, 1.82) is 0 Å². The van der Waals surface area contributed by atoms with Crippen molar-refractivity contribution in [3.8, 4) is 0 Å². The molecule has 0 aliphatic heterocycles. The molecule has 2 nitrogen and oxygen atoms in total. The number of rotatable bonds is 5. The van der Waals surface area contributed by atoms with E-state index in [9.17, 15) is 9.59 Å². The molecular formula is C14H10O2Te2. The first kappa shape index (κ1) is 13.8. The van der Waals surface area contributed by atoms with Crippen molar-refractivity contribution < 1.29 is 9.59 Å². The van der Waals surface area contributed by atoms with E-state index < -0.39 is 0 Å². The summed E-state index contributed by atoms with van der Waals surface area (Å²) in [6.45, 7) is 0. The normalized spacial score (nSPS) is 10.0. The van der Waals surface area contributed by atoms with Gasteiger partial charge in [-0.25, -0.2) is 0 Å². The van der Waals surface area contributed by atoms with Crippen LogP contribution in [0.25, 0.3) is 0 Å².